The Balaban J connectivity index is 2.11. The molecule has 0 saturated heterocycles. The Morgan fingerprint density at radius 2 is 2.27 bits per heavy atom. The van der Waals surface area contributed by atoms with Crippen LogP contribution in [-0.4, -0.2) is 6.04 Å². The SMILES string of the molecule is NNC(Cc1cccc(Cl)c1F)C1CC1. The molecule has 0 radical (unpaired) electrons. The molecule has 1 saturated carbocycles. The van der Waals surface area contributed by atoms with E-state index in [1.807, 2.05) is 0 Å². The van der Waals surface area contributed by atoms with Gasteiger partial charge in [0.1, 0.15) is 5.82 Å². The van der Waals surface area contributed by atoms with Crippen LogP contribution < -0.4 is 11.3 Å². The molecule has 2 rings (SSSR count). The van der Waals surface area contributed by atoms with Crippen molar-refractivity contribution in [3.63, 3.8) is 0 Å². The van der Waals surface area contributed by atoms with Gasteiger partial charge in [0.15, 0.2) is 0 Å². The number of nitrogens with one attached hydrogen (secondary N) is 1. The standard InChI is InChI=1S/C11H14ClFN2/c12-9-3-1-2-8(11(9)13)6-10(15-14)7-4-5-7/h1-3,7,10,15H,4-6,14H2. The van der Waals surface area contributed by atoms with Crippen LogP contribution in [-0.2, 0) is 6.42 Å². The zero-order valence-electron chi connectivity index (χ0n) is 8.34. The van der Waals surface area contributed by atoms with Crippen LogP contribution in [0.1, 0.15) is 18.4 Å². The third-order valence-electron chi connectivity index (χ3n) is 2.88. The fourth-order valence-electron chi connectivity index (χ4n) is 1.80. The van der Waals surface area contributed by atoms with Crippen LogP contribution in [0.2, 0.25) is 5.02 Å². The Bertz CT molecular complexity index is 352. The summed E-state index contributed by atoms with van der Waals surface area (Å²) in [5.74, 6) is 5.72. The molecule has 3 N–H and O–H groups in total. The maximum absolute atomic E-state index is 13.6. The van der Waals surface area contributed by atoms with Crippen LogP contribution in [0, 0.1) is 11.7 Å². The quantitative estimate of drug-likeness (QED) is 0.613. The lowest BCUT2D eigenvalue weighted by Gasteiger charge is -2.15. The van der Waals surface area contributed by atoms with Crippen molar-refractivity contribution in [3.8, 4) is 0 Å². The summed E-state index contributed by atoms with van der Waals surface area (Å²) < 4.78 is 13.6. The first-order chi connectivity index (χ1) is 7.22. The fraction of sp³-hybridized carbons (Fsp3) is 0.455. The summed E-state index contributed by atoms with van der Waals surface area (Å²) in [5.41, 5.74) is 3.39. The lowest BCUT2D eigenvalue weighted by Crippen LogP contribution is -2.38. The van der Waals surface area contributed by atoms with Gasteiger partial charge in [-0.15, -0.1) is 0 Å². The van der Waals surface area contributed by atoms with Gasteiger partial charge in [0.05, 0.1) is 5.02 Å². The highest BCUT2D eigenvalue weighted by Gasteiger charge is 2.31. The third kappa shape index (κ3) is 2.48. The lowest BCUT2D eigenvalue weighted by molar-refractivity contribution is 0.462. The van der Waals surface area contributed by atoms with Crippen LogP contribution in [0.5, 0.6) is 0 Å². The summed E-state index contributed by atoms with van der Waals surface area (Å²) in [4.78, 5) is 0. The molecule has 1 atom stereocenters. The van der Waals surface area contributed by atoms with Crippen molar-refractivity contribution in [2.45, 2.75) is 25.3 Å². The number of hydrogen-bond donors (Lipinski definition) is 2. The summed E-state index contributed by atoms with van der Waals surface area (Å²) in [7, 11) is 0. The Morgan fingerprint density at radius 3 is 2.87 bits per heavy atom. The summed E-state index contributed by atoms with van der Waals surface area (Å²) in [6.45, 7) is 0. The minimum atomic E-state index is -0.319. The van der Waals surface area contributed by atoms with Crippen molar-refractivity contribution in [3.05, 3.63) is 34.6 Å². The smallest absolute Gasteiger partial charge is 0.145 e. The van der Waals surface area contributed by atoms with E-state index in [9.17, 15) is 4.39 Å². The first-order valence-electron chi connectivity index (χ1n) is 5.11. The molecule has 0 aliphatic heterocycles. The van der Waals surface area contributed by atoms with Crippen LogP contribution in [0.25, 0.3) is 0 Å². The maximum atomic E-state index is 13.6. The van der Waals surface area contributed by atoms with Crippen molar-refractivity contribution < 1.29 is 4.39 Å². The van der Waals surface area contributed by atoms with Crippen LogP contribution >= 0.6 is 11.6 Å². The zero-order valence-corrected chi connectivity index (χ0v) is 9.10. The number of nitrogens with two attached hydrogens (primary N) is 1. The Morgan fingerprint density at radius 1 is 1.53 bits per heavy atom. The van der Waals surface area contributed by atoms with E-state index in [1.54, 1.807) is 18.2 Å². The van der Waals surface area contributed by atoms with Crippen molar-refractivity contribution in [1.29, 1.82) is 0 Å². The molecule has 1 aromatic rings. The number of hydrogen-bond acceptors (Lipinski definition) is 2. The molecule has 4 heteroatoms. The van der Waals surface area contributed by atoms with E-state index >= 15 is 0 Å². The van der Waals surface area contributed by atoms with Gasteiger partial charge in [-0.25, -0.2) is 4.39 Å². The van der Waals surface area contributed by atoms with E-state index in [2.05, 4.69) is 5.43 Å². The Labute approximate surface area is 93.6 Å². The molecule has 0 amide bonds. The van der Waals surface area contributed by atoms with E-state index in [1.165, 1.54) is 12.8 Å². The molecule has 0 aromatic heterocycles. The second kappa shape index (κ2) is 4.47. The van der Waals surface area contributed by atoms with Gasteiger partial charge in [-0.2, -0.15) is 0 Å². The molecular formula is C11H14ClFN2. The van der Waals surface area contributed by atoms with Crippen molar-refractivity contribution in [1.82, 2.24) is 5.43 Å². The monoisotopic (exact) mass is 228 g/mol. The molecule has 1 aliphatic carbocycles. The van der Waals surface area contributed by atoms with Gasteiger partial charge in [0.2, 0.25) is 0 Å². The van der Waals surface area contributed by atoms with Gasteiger partial charge < -0.3 is 0 Å². The second-order valence-electron chi connectivity index (χ2n) is 4.03. The Hall–Kier alpha value is -0.640. The molecule has 1 aliphatic rings. The first-order valence-corrected chi connectivity index (χ1v) is 5.49. The average Bonchev–Trinajstić information content (AvgIpc) is 3.04. The second-order valence-corrected chi connectivity index (χ2v) is 4.43. The largest absolute Gasteiger partial charge is 0.271 e. The van der Waals surface area contributed by atoms with Gasteiger partial charge in [0.25, 0.3) is 0 Å². The van der Waals surface area contributed by atoms with E-state index in [-0.39, 0.29) is 16.9 Å². The average molecular weight is 229 g/mol. The first kappa shape index (κ1) is 10.9. The predicted octanol–water partition coefficient (Wildman–Crippen LogP) is 2.26. The minimum absolute atomic E-state index is 0.165. The predicted molar refractivity (Wildman–Crippen MR) is 58.9 cm³/mol. The lowest BCUT2D eigenvalue weighted by atomic mass is 10.0. The van der Waals surface area contributed by atoms with Crippen molar-refractivity contribution >= 4 is 11.6 Å². The number of hydrazine groups is 1. The van der Waals surface area contributed by atoms with Crippen molar-refractivity contribution in [2.24, 2.45) is 11.8 Å². The summed E-state index contributed by atoms with van der Waals surface area (Å²) >= 11 is 5.71. The molecule has 0 heterocycles. The van der Waals surface area contributed by atoms with Crippen LogP contribution in [0.3, 0.4) is 0 Å². The normalized spacial score (nSPS) is 17.8. The Kier molecular flexibility index (Phi) is 3.24. The third-order valence-corrected chi connectivity index (χ3v) is 3.17. The molecular weight excluding hydrogens is 215 g/mol. The molecule has 1 unspecified atom stereocenters. The van der Waals surface area contributed by atoms with Gasteiger partial charge in [-0.1, -0.05) is 23.7 Å². The van der Waals surface area contributed by atoms with Crippen LogP contribution in [0.4, 0.5) is 4.39 Å². The molecule has 15 heavy (non-hydrogen) atoms. The van der Waals surface area contributed by atoms with E-state index in [0.717, 1.165) is 0 Å². The van der Waals surface area contributed by atoms with E-state index in [4.69, 9.17) is 17.4 Å². The zero-order chi connectivity index (χ0) is 10.8. The maximum Gasteiger partial charge on any atom is 0.145 e. The molecule has 1 fully saturated rings. The summed E-state index contributed by atoms with van der Waals surface area (Å²) in [6.07, 6.45) is 2.96. The van der Waals surface area contributed by atoms with Gasteiger partial charge in [-0.05, 0) is 36.8 Å². The molecule has 0 spiro atoms. The van der Waals surface area contributed by atoms with E-state index in [0.29, 0.717) is 17.9 Å². The van der Waals surface area contributed by atoms with Gasteiger partial charge >= 0.3 is 0 Å². The number of halogens is 2. The molecule has 2 nitrogen and oxygen atoms in total. The van der Waals surface area contributed by atoms with Gasteiger partial charge in [-0.3, -0.25) is 11.3 Å². The number of rotatable bonds is 4. The molecule has 0 bridgehead atoms. The molecule has 1 aromatic carbocycles. The van der Waals surface area contributed by atoms with Crippen molar-refractivity contribution in [2.75, 3.05) is 0 Å². The summed E-state index contributed by atoms with van der Waals surface area (Å²) in [5, 5.41) is 0.180. The van der Waals surface area contributed by atoms with Gasteiger partial charge in [0, 0.05) is 6.04 Å². The number of benzene rings is 1. The fourth-order valence-corrected chi connectivity index (χ4v) is 2.00. The highest BCUT2D eigenvalue weighted by molar-refractivity contribution is 6.30. The minimum Gasteiger partial charge on any atom is -0.271 e. The summed E-state index contributed by atoms with van der Waals surface area (Å²) in [6, 6.07) is 5.25. The highest BCUT2D eigenvalue weighted by atomic mass is 35.5. The van der Waals surface area contributed by atoms with E-state index < -0.39 is 0 Å². The highest BCUT2D eigenvalue weighted by Crippen LogP contribution is 2.34. The molecule has 82 valence electrons. The van der Waals surface area contributed by atoms with Crippen LogP contribution in [0.15, 0.2) is 18.2 Å². The topological polar surface area (TPSA) is 38.0 Å².